The summed E-state index contributed by atoms with van der Waals surface area (Å²) in [6.45, 7) is 0.471. The fraction of sp³-hybridized carbons (Fsp3) is 0.250. The standard InChI is InChI=1S/C8H11NO3/c9-11-5-7-3-1-2-4-8(7)6-12-10/h1-4,10H,5-6,9H2. The Kier molecular flexibility index (Phi) is 3.69. The van der Waals surface area contributed by atoms with Crippen LogP contribution in [0.3, 0.4) is 0 Å². The zero-order valence-corrected chi connectivity index (χ0v) is 6.56. The van der Waals surface area contributed by atoms with E-state index in [0.717, 1.165) is 11.1 Å². The van der Waals surface area contributed by atoms with Crippen LogP contribution in [0.25, 0.3) is 0 Å². The summed E-state index contributed by atoms with van der Waals surface area (Å²) in [4.78, 5) is 8.50. The number of hydrogen-bond acceptors (Lipinski definition) is 4. The van der Waals surface area contributed by atoms with Gasteiger partial charge in [0.1, 0.15) is 6.61 Å². The number of rotatable bonds is 4. The monoisotopic (exact) mass is 169 g/mol. The molecule has 0 aliphatic heterocycles. The van der Waals surface area contributed by atoms with Crippen molar-refractivity contribution in [2.24, 2.45) is 5.90 Å². The highest BCUT2D eigenvalue weighted by atomic mass is 17.1. The van der Waals surface area contributed by atoms with E-state index in [1.807, 2.05) is 24.3 Å². The zero-order valence-electron chi connectivity index (χ0n) is 6.56. The molecule has 0 aliphatic carbocycles. The van der Waals surface area contributed by atoms with Gasteiger partial charge in [0.2, 0.25) is 0 Å². The van der Waals surface area contributed by atoms with Crippen LogP contribution in [0.15, 0.2) is 24.3 Å². The van der Waals surface area contributed by atoms with Crippen molar-refractivity contribution >= 4 is 0 Å². The van der Waals surface area contributed by atoms with Gasteiger partial charge in [-0.05, 0) is 11.1 Å². The first-order chi connectivity index (χ1) is 5.88. The van der Waals surface area contributed by atoms with E-state index in [9.17, 15) is 0 Å². The number of hydrogen-bond donors (Lipinski definition) is 2. The molecule has 4 heteroatoms. The highest BCUT2D eigenvalue weighted by Crippen LogP contribution is 2.09. The lowest BCUT2D eigenvalue weighted by molar-refractivity contribution is -0.253. The molecular weight excluding hydrogens is 158 g/mol. The summed E-state index contributed by atoms with van der Waals surface area (Å²) in [5.41, 5.74) is 1.78. The smallest absolute Gasteiger partial charge is 0.107 e. The third-order valence-electron chi connectivity index (χ3n) is 1.58. The molecule has 66 valence electrons. The van der Waals surface area contributed by atoms with E-state index in [1.165, 1.54) is 0 Å². The molecule has 12 heavy (non-hydrogen) atoms. The second-order valence-corrected chi connectivity index (χ2v) is 2.35. The Bertz CT molecular complexity index is 214. The van der Waals surface area contributed by atoms with Crippen molar-refractivity contribution < 1.29 is 15.0 Å². The maximum absolute atomic E-state index is 8.24. The largest absolute Gasteiger partial charge is 0.300 e. The minimum atomic E-state index is 0.152. The van der Waals surface area contributed by atoms with Gasteiger partial charge in [0.15, 0.2) is 0 Å². The fourth-order valence-electron chi connectivity index (χ4n) is 0.998. The lowest BCUT2D eigenvalue weighted by Gasteiger charge is -2.05. The van der Waals surface area contributed by atoms with Crippen LogP contribution in [0, 0.1) is 0 Å². The minimum absolute atomic E-state index is 0.152. The summed E-state index contributed by atoms with van der Waals surface area (Å²) in [7, 11) is 0. The third kappa shape index (κ3) is 2.28. The Balaban J connectivity index is 2.77. The lowest BCUT2D eigenvalue weighted by atomic mass is 10.1. The molecular formula is C8H11NO3. The molecule has 0 atom stereocenters. The summed E-state index contributed by atoms with van der Waals surface area (Å²) in [6.07, 6.45) is 0. The van der Waals surface area contributed by atoms with Crippen molar-refractivity contribution in [3.05, 3.63) is 35.4 Å². The van der Waals surface area contributed by atoms with Gasteiger partial charge >= 0.3 is 0 Å². The Labute approximate surface area is 70.4 Å². The molecule has 0 saturated heterocycles. The average molecular weight is 169 g/mol. The summed E-state index contributed by atoms with van der Waals surface area (Å²) in [5.74, 6) is 4.92. The van der Waals surface area contributed by atoms with E-state index < -0.39 is 0 Å². The van der Waals surface area contributed by atoms with E-state index >= 15 is 0 Å². The first kappa shape index (κ1) is 9.15. The molecule has 1 rings (SSSR count). The second-order valence-electron chi connectivity index (χ2n) is 2.35. The van der Waals surface area contributed by atoms with E-state index in [1.54, 1.807) is 0 Å². The van der Waals surface area contributed by atoms with E-state index in [-0.39, 0.29) is 6.61 Å². The maximum atomic E-state index is 8.24. The van der Waals surface area contributed by atoms with Gasteiger partial charge in [-0.3, -0.25) is 10.1 Å². The quantitative estimate of drug-likeness (QED) is 0.522. The molecule has 0 bridgehead atoms. The third-order valence-corrected chi connectivity index (χ3v) is 1.58. The molecule has 1 aromatic rings. The Morgan fingerprint density at radius 3 is 2.25 bits per heavy atom. The molecule has 3 N–H and O–H groups in total. The van der Waals surface area contributed by atoms with E-state index in [4.69, 9.17) is 11.2 Å². The van der Waals surface area contributed by atoms with Crippen LogP contribution in [0.5, 0.6) is 0 Å². The van der Waals surface area contributed by atoms with Crippen molar-refractivity contribution in [1.82, 2.24) is 0 Å². The van der Waals surface area contributed by atoms with Crippen LogP contribution in [-0.2, 0) is 22.9 Å². The molecule has 0 unspecified atom stereocenters. The van der Waals surface area contributed by atoms with Crippen LogP contribution in [0.4, 0.5) is 0 Å². The summed E-state index contributed by atoms with van der Waals surface area (Å²) in [6, 6.07) is 7.43. The van der Waals surface area contributed by atoms with Gasteiger partial charge in [0, 0.05) is 0 Å². The summed E-state index contributed by atoms with van der Waals surface area (Å²) >= 11 is 0. The Morgan fingerprint density at radius 2 is 1.75 bits per heavy atom. The summed E-state index contributed by atoms with van der Waals surface area (Å²) in [5, 5.41) is 8.24. The molecule has 0 saturated carbocycles. The van der Waals surface area contributed by atoms with E-state index in [2.05, 4.69) is 9.73 Å². The number of nitrogens with two attached hydrogens (primary N) is 1. The SMILES string of the molecule is NOCc1ccccc1COO. The first-order valence-corrected chi connectivity index (χ1v) is 3.53. The van der Waals surface area contributed by atoms with Crippen LogP contribution < -0.4 is 5.90 Å². The van der Waals surface area contributed by atoms with Gasteiger partial charge in [0.25, 0.3) is 0 Å². The van der Waals surface area contributed by atoms with Crippen molar-refractivity contribution in [3.63, 3.8) is 0 Å². The van der Waals surface area contributed by atoms with Crippen molar-refractivity contribution in [2.75, 3.05) is 0 Å². The van der Waals surface area contributed by atoms with Gasteiger partial charge in [-0.2, -0.15) is 0 Å². The van der Waals surface area contributed by atoms with Crippen LogP contribution >= 0.6 is 0 Å². The van der Waals surface area contributed by atoms with Gasteiger partial charge < -0.3 is 0 Å². The normalized spacial score (nSPS) is 10.2. The van der Waals surface area contributed by atoms with E-state index in [0.29, 0.717) is 6.61 Å². The van der Waals surface area contributed by atoms with Gasteiger partial charge in [-0.1, -0.05) is 24.3 Å². The van der Waals surface area contributed by atoms with Gasteiger partial charge in [0.05, 0.1) is 6.61 Å². The highest BCUT2D eigenvalue weighted by molar-refractivity contribution is 5.25. The second kappa shape index (κ2) is 4.84. The first-order valence-electron chi connectivity index (χ1n) is 3.53. The van der Waals surface area contributed by atoms with Crippen LogP contribution in [-0.4, -0.2) is 5.26 Å². The molecule has 0 radical (unpaired) electrons. The number of benzene rings is 1. The van der Waals surface area contributed by atoms with Crippen molar-refractivity contribution in [1.29, 1.82) is 0 Å². The molecule has 4 nitrogen and oxygen atoms in total. The van der Waals surface area contributed by atoms with Crippen LogP contribution in [0.2, 0.25) is 0 Å². The minimum Gasteiger partial charge on any atom is -0.300 e. The molecule has 0 spiro atoms. The molecule has 0 amide bonds. The predicted molar refractivity (Wildman–Crippen MR) is 42.8 cm³/mol. The molecule has 0 aliphatic rings. The van der Waals surface area contributed by atoms with Crippen LogP contribution in [0.1, 0.15) is 11.1 Å². The van der Waals surface area contributed by atoms with Gasteiger partial charge in [-0.25, -0.2) is 10.8 Å². The summed E-state index contributed by atoms with van der Waals surface area (Å²) < 4.78 is 0. The van der Waals surface area contributed by atoms with Gasteiger partial charge in [-0.15, -0.1) is 0 Å². The molecule has 0 fully saturated rings. The molecule has 0 aromatic heterocycles. The maximum Gasteiger partial charge on any atom is 0.107 e. The Hall–Kier alpha value is -0.940. The van der Waals surface area contributed by atoms with Crippen molar-refractivity contribution in [3.8, 4) is 0 Å². The zero-order chi connectivity index (χ0) is 8.81. The Morgan fingerprint density at radius 1 is 1.17 bits per heavy atom. The topological polar surface area (TPSA) is 64.7 Å². The molecule has 0 heterocycles. The van der Waals surface area contributed by atoms with Crippen molar-refractivity contribution in [2.45, 2.75) is 13.2 Å². The fourth-order valence-corrected chi connectivity index (χ4v) is 0.998. The molecule has 1 aromatic carbocycles. The highest BCUT2D eigenvalue weighted by Gasteiger charge is 2.00. The average Bonchev–Trinajstić information content (AvgIpc) is 2.09. The predicted octanol–water partition coefficient (Wildman–Crippen LogP) is 1.07. The lowest BCUT2D eigenvalue weighted by Crippen LogP contribution is -2.02.